The second kappa shape index (κ2) is 45.0. The SMILES string of the molecule is CC(C)C[C@H](NC(=O)[C@H](CC(C)C)NC(=O)[C@H](CCCC[NH3+])NC(=O)[C@H](CCCC[NH3+])NC(=O)[C@@H]([NH3+])Cc1cnc[nH]1)C(=O)N[C@@H](CCC(N)=O)C(=O)N[C@@H](CC(C)C)C(=O)N[C@@H](CC(C)C)C(=O)N[C@H](C(=O)N[C@@H](CS)C(=O)N[C@@H](CO)C(=O)N[C@@H](CO)C(=O)O)[C@@H](C)O. The Bertz CT molecular complexity index is 2640. The normalized spacial score (nSPS) is 15.5. The number of hydrogen-bond acceptors (Lipinski definition) is 18. The van der Waals surface area contributed by atoms with E-state index in [2.05, 4.69) is 93.0 Å². The molecule has 12 amide bonds. The van der Waals surface area contributed by atoms with Crippen LogP contribution in [0.2, 0.25) is 0 Å². The zero-order chi connectivity index (χ0) is 72.2. The van der Waals surface area contributed by atoms with Gasteiger partial charge in [0.2, 0.25) is 65.0 Å². The van der Waals surface area contributed by atoms with Crippen LogP contribution in [0.25, 0.3) is 0 Å². The van der Waals surface area contributed by atoms with Crippen molar-refractivity contribution in [1.29, 1.82) is 0 Å². The maximum Gasteiger partial charge on any atom is 0.328 e. The van der Waals surface area contributed by atoms with E-state index in [1.54, 1.807) is 47.7 Å². The Morgan fingerprint density at radius 1 is 0.474 bits per heavy atom. The summed E-state index contributed by atoms with van der Waals surface area (Å²) in [6, 6.07) is -17.0. The summed E-state index contributed by atoms with van der Waals surface area (Å²) in [4.78, 5) is 184. The molecular formula is C60H110N17O17S+3. The number of aromatic nitrogens is 2. The minimum atomic E-state index is -1.80. The van der Waals surface area contributed by atoms with Crippen LogP contribution >= 0.6 is 12.6 Å². The van der Waals surface area contributed by atoms with Gasteiger partial charge in [-0.05, 0) is 101 Å². The molecule has 0 unspecified atom stereocenters. The van der Waals surface area contributed by atoms with Gasteiger partial charge in [0, 0.05) is 24.1 Å². The number of aliphatic hydroxyl groups excluding tert-OH is 3. The maximum atomic E-state index is 14.5. The molecule has 0 aliphatic heterocycles. The summed E-state index contributed by atoms with van der Waals surface area (Å²) < 4.78 is 0. The number of H-pyrrole nitrogens is 1. The quantitative estimate of drug-likeness (QED) is 0.0213. The van der Waals surface area contributed by atoms with Crippen LogP contribution in [0.15, 0.2) is 12.5 Å². The van der Waals surface area contributed by atoms with E-state index in [-0.39, 0.29) is 75.0 Å². The lowest BCUT2D eigenvalue weighted by Crippen LogP contribution is -2.70. The van der Waals surface area contributed by atoms with Crippen molar-refractivity contribution in [1.82, 2.24) is 68.5 Å². The van der Waals surface area contributed by atoms with Gasteiger partial charge in [0.1, 0.15) is 66.5 Å². The molecule has 1 heterocycles. The summed E-state index contributed by atoms with van der Waals surface area (Å²) in [7, 11) is 0. The van der Waals surface area contributed by atoms with Crippen molar-refractivity contribution in [2.45, 2.75) is 224 Å². The van der Waals surface area contributed by atoms with Gasteiger partial charge in [0.05, 0.1) is 45.2 Å². The van der Waals surface area contributed by atoms with Gasteiger partial charge in [-0.1, -0.05) is 55.4 Å². The second-order valence-corrected chi connectivity index (χ2v) is 25.8. The predicted molar refractivity (Wildman–Crippen MR) is 347 cm³/mol. The molecule has 0 saturated carbocycles. The van der Waals surface area contributed by atoms with E-state index in [1.165, 1.54) is 6.33 Å². The van der Waals surface area contributed by atoms with Gasteiger partial charge >= 0.3 is 5.97 Å². The number of carbonyl (C=O) groups excluding carboxylic acids is 12. The van der Waals surface area contributed by atoms with Crippen LogP contribution in [0, 0.1) is 23.7 Å². The number of nitrogens with one attached hydrogen (secondary N) is 12. The number of carboxylic acids is 1. The number of imidazole rings is 1. The monoisotopic (exact) mass is 1370 g/mol. The predicted octanol–water partition coefficient (Wildman–Crippen LogP) is -7.45. The third-order valence-corrected chi connectivity index (χ3v) is 15.2. The minimum Gasteiger partial charge on any atom is -0.480 e. The number of nitrogens with zero attached hydrogens (tertiary/aromatic N) is 1. The van der Waals surface area contributed by atoms with Crippen molar-refractivity contribution in [3.8, 4) is 0 Å². The molecule has 0 spiro atoms. The van der Waals surface area contributed by atoms with Gasteiger partial charge in [0.25, 0.3) is 5.91 Å². The molecule has 0 fully saturated rings. The number of carboxylic acid groups (broad SMARTS) is 1. The lowest BCUT2D eigenvalue weighted by Gasteiger charge is -2.30. The third kappa shape index (κ3) is 33.1. The lowest BCUT2D eigenvalue weighted by molar-refractivity contribution is -0.403. The van der Waals surface area contributed by atoms with Crippen molar-refractivity contribution >= 4 is 89.5 Å². The van der Waals surface area contributed by atoms with Crippen LogP contribution < -0.4 is 81.4 Å². The van der Waals surface area contributed by atoms with Crippen LogP contribution in [0.3, 0.4) is 0 Å². The van der Waals surface area contributed by atoms with Gasteiger partial charge in [-0.2, -0.15) is 12.6 Å². The number of hydrogen-bond donors (Lipinski definition) is 21. The van der Waals surface area contributed by atoms with E-state index in [4.69, 9.17) is 5.73 Å². The van der Waals surface area contributed by atoms with E-state index in [9.17, 15) is 82.8 Å². The molecule has 34 nitrogen and oxygen atoms in total. The van der Waals surface area contributed by atoms with E-state index < -0.39 is 181 Å². The van der Waals surface area contributed by atoms with Crippen molar-refractivity contribution in [2.75, 3.05) is 32.1 Å². The summed E-state index contributed by atoms with van der Waals surface area (Å²) in [5, 5.41) is 66.7. The number of aliphatic hydroxyl groups is 3. The standard InChI is InChI=1S/C60H107N17O17S/c1-30(2)20-40(72-54(87)41(21-31(3)4)70-51(84)38(15-11-13-19-62)68-50(83)37(14-10-12-18-61)67-49(82)36(63)24-35-25-65-29-66-35)53(86)69-39(16-17-47(64)81)52(85)71-42(22-32(5)6)55(88)73-43(23-33(7)8)56(89)77-48(34(9)80)59(92)76-46(28-95)58(91)74-44(26-78)57(90)75-45(27-79)60(93)94/h25,29-34,36-46,48,78-80,95H,10-24,26-28,61-63H2,1-9H3,(H2,64,81)(H,65,66)(H,67,82)(H,68,83)(H,69,86)(H,70,84)(H,71,85)(H,72,87)(H,73,88)(H,74,91)(H,75,90)(H,76,92)(H,77,89)(H,93,94)/p+3/t34-,36+,37+,38+,39+,40+,41+,42+,43+,44+,45+,46+,48+/m1/s1. The van der Waals surface area contributed by atoms with Crippen molar-refractivity contribution in [3.63, 3.8) is 0 Å². The Balaban J connectivity index is 3.54. The van der Waals surface area contributed by atoms with Crippen molar-refractivity contribution in [2.24, 2.45) is 29.4 Å². The summed E-state index contributed by atoms with van der Waals surface area (Å²) in [6.45, 7) is 14.3. The van der Waals surface area contributed by atoms with Crippen LogP contribution in [0.1, 0.15) is 145 Å². The molecule has 0 aliphatic carbocycles. The Morgan fingerprint density at radius 3 is 1.14 bits per heavy atom. The molecule has 0 saturated heterocycles. The molecule has 0 aromatic carbocycles. The fourth-order valence-corrected chi connectivity index (χ4v) is 9.93. The number of aliphatic carboxylic acids is 1. The van der Waals surface area contributed by atoms with Crippen LogP contribution in [0.4, 0.5) is 0 Å². The van der Waals surface area contributed by atoms with Gasteiger partial charge < -0.3 is 107 Å². The van der Waals surface area contributed by atoms with Crippen LogP contribution in [0.5, 0.6) is 0 Å². The lowest BCUT2D eigenvalue weighted by atomic mass is 9.98. The average Bonchev–Trinajstić information content (AvgIpc) is 1.40. The minimum absolute atomic E-state index is 0.00117. The molecule has 35 heteroatoms. The number of amides is 12. The second-order valence-electron chi connectivity index (χ2n) is 25.4. The van der Waals surface area contributed by atoms with Gasteiger partial charge in [-0.3, -0.25) is 57.5 Å². The van der Waals surface area contributed by atoms with Gasteiger partial charge in [-0.15, -0.1) is 0 Å². The molecule has 95 heavy (non-hydrogen) atoms. The first-order valence-corrected chi connectivity index (χ1v) is 33.0. The van der Waals surface area contributed by atoms with Gasteiger partial charge in [-0.25, -0.2) is 9.78 Å². The molecule has 0 aliphatic rings. The zero-order valence-electron chi connectivity index (χ0n) is 56.4. The molecule has 1 rings (SSSR count). The number of thiol groups is 1. The van der Waals surface area contributed by atoms with Crippen molar-refractivity contribution in [3.05, 3.63) is 18.2 Å². The smallest absolute Gasteiger partial charge is 0.328 e. The number of unbranched alkanes of at least 4 members (excludes halogenated alkanes) is 2. The number of nitrogens with two attached hydrogens (primary N) is 1. The Morgan fingerprint density at radius 2 is 0.800 bits per heavy atom. The third-order valence-electron chi connectivity index (χ3n) is 14.8. The van der Waals surface area contributed by atoms with Gasteiger partial charge in [0.15, 0.2) is 6.04 Å². The number of quaternary nitrogens is 3. The highest BCUT2D eigenvalue weighted by Crippen LogP contribution is 2.15. The largest absolute Gasteiger partial charge is 0.480 e. The number of aromatic amines is 1. The number of rotatable bonds is 48. The highest BCUT2D eigenvalue weighted by Gasteiger charge is 2.38. The fourth-order valence-electron chi connectivity index (χ4n) is 9.67. The Kier molecular flexibility index (Phi) is 40.4. The first-order chi connectivity index (χ1) is 44.6. The van der Waals surface area contributed by atoms with Crippen LogP contribution in [-0.4, -0.2) is 218 Å². The molecule has 540 valence electrons. The molecule has 1 aromatic rings. The zero-order valence-corrected chi connectivity index (χ0v) is 57.3. The topological polar surface area (TPSA) is 573 Å². The molecule has 1 aromatic heterocycles. The Hall–Kier alpha value is -7.57. The number of primary amides is 1. The fraction of sp³-hybridized carbons (Fsp3) is 0.733. The molecular weight excluding hydrogens is 1260 g/mol. The van der Waals surface area contributed by atoms with E-state index in [1.807, 2.05) is 19.2 Å². The summed E-state index contributed by atoms with van der Waals surface area (Å²) in [5.74, 6) is -13.8. The highest BCUT2D eigenvalue weighted by atomic mass is 32.1. The number of carbonyl (C=O) groups is 13. The first kappa shape index (κ1) is 85.4. The average molecular weight is 1370 g/mol. The summed E-state index contributed by atoms with van der Waals surface area (Å²) >= 11 is 4.08. The van der Waals surface area contributed by atoms with E-state index >= 15 is 0 Å². The Labute approximate surface area is 560 Å². The van der Waals surface area contributed by atoms with Crippen molar-refractivity contribution < 1.29 is 100.0 Å². The molecule has 0 bridgehead atoms. The molecule has 13 atom stereocenters. The summed E-state index contributed by atoms with van der Waals surface area (Å²) in [6.07, 6.45) is 3.36. The maximum absolute atomic E-state index is 14.5. The summed E-state index contributed by atoms with van der Waals surface area (Å²) in [5.41, 5.74) is 17.9. The van der Waals surface area contributed by atoms with E-state index in [0.29, 0.717) is 44.5 Å². The first-order valence-electron chi connectivity index (χ1n) is 32.4. The highest BCUT2D eigenvalue weighted by molar-refractivity contribution is 7.80. The molecule has 0 radical (unpaired) electrons. The van der Waals surface area contributed by atoms with E-state index in [0.717, 1.165) is 6.92 Å². The molecule has 27 N–H and O–H groups in total. The van der Waals surface area contributed by atoms with Crippen LogP contribution in [-0.2, 0) is 68.7 Å².